The van der Waals surface area contributed by atoms with Gasteiger partial charge in [-0.05, 0) is 19.1 Å². The van der Waals surface area contributed by atoms with Crippen LogP contribution in [-0.2, 0) is 4.74 Å². The second-order valence-corrected chi connectivity index (χ2v) is 3.90. The van der Waals surface area contributed by atoms with Gasteiger partial charge in [-0.3, -0.25) is 0 Å². The van der Waals surface area contributed by atoms with Gasteiger partial charge in [0.2, 0.25) is 0 Å². The van der Waals surface area contributed by atoms with E-state index in [0.717, 1.165) is 43.1 Å². The zero-order valence-electron chi connectivity index (χ0n) is 9.03. The molecule has 3 heteroatoms. The van der Waals surface area contributed by atoms with Gasteiger partial charge in [-0.25, -0.2) is 0 Å². The summed E-state index contributed by atoms with van der Waals surface area (Å²) in [6.45, 7) is 3.59. The Bertz CT molecular complexity index is 332. The molecule has 0 aromatic heterocycles. The monoisotopic (exact) mass is 207 g/mol. The van der Waals surface area contributed by atoms with E-state index in [-0.39, 0.29) is 6.10 Å². The highest BCUT2D eigenvalue weighted by molar-refractivity contribution is 5.53. The third kappa shape index (κ3) is 2.42. The van der Waals surface area contributed by atoms with E-state index in [1.54, 1.807) is 0 Å². The van der Waals surface area contributed by atoms with Gasteiger partial charge in [-0.2, -0.15) is 0 Å². The van der Waals surface area contributed by atoms with Crippen LogP contribution in [0.15, 0.2) is 18.2 Å². The normalized spacial score (nSPS) is 17.7. The van der Waals surface area contributed by atoms with Crippen molar-refractivity contribution in [3.05, 3.63) is 23.8 Å². The summed E-state index contributed by atoms with van der Waals surface area (Å²) in [5, 5.41) is 0. The van der Waals surface area contributed by atoms with Crippen molar-refractivity contribution in [1.29, 1.82) is 0 Å². The van der Waals surface area contributed by atoms with Gasteiger partial charge in [0, 0.05) is 24.1 Å². The largest absolute Gasteiger partial charge is 0.490 e. The molecule has 1 heterocycles. The van der Waals surface area contributed by atoms with Gasteiger partial charge in [-0.1, -0.05) is 6.07 Å². The Hall–Kier alpha value is -1.22. The van der Waals surface area contributed by atoms with E-state index < -0.39 is 0 Å². The number of benzene rings is 1. The van der Waals surface area contributed by atoms with Gasteiger partial charge >= 0.3 is 0 Å². The van der Waals surface area contributed by atoms with Crippen molar-refractivity contribution >= 4 is 5.69 Å². The minimum absolute atomic E-state index is 0.277. The maximum Gasteiger partial charge on any atom is 0.124 e. The molecule has 0 saturated carbocycles. The van der Waals surface area contributed by atoms with Gasteiger partial charge in [-0.15, -0.1) is 0 Å². The lowest BCUT2D eigenvalue weighted by Gasteiger charge is -2.24. The molecule has 15 heavy (non-hydrogen) atoms. The molecule has 2 N–H and O–H groups in total. The van der Waals surface area contributed by atoms with Crippen molar-refractivity contribution in [2.24, 2.45) is 0 Å². The fraction of sp³-hybridized carbons (Fsp3) is 0.500. The third-order valence-corrected chi connectivity index (χ3v) is 2.79. The Labute approximate surface area is 90.2 Å². The van der Waals surface area contributed by atoms with E-state index in [9.17, 15) is 0 Å². The average molecular weight is 207 g/mol. The molecule has 1 aliphatic heterocycles. The molecule has 0 amide bonds. The standard InChI is InChI=1S/C12H17NO2/c1-9-11(13)3-2-4-12(9)15-10-5-7-14-8-6-10/h2-4,10H,5-8,13H2,1H3. The lowest BCUT2D eigenvalue weighted by atomic mass is 10.1. The molecule has 0 atom stereocenters. The van der Waals surface area contributed by atoms with Crippen molar-refractivity contribution in [2.45, 2.75) is 25.9 Å². The Morgan fingerprint density at radius 3 is 2.80 bits per heavy atom. The van der Waals surface area contributed by atoms with E-state index in [1.165, 1.54) is 0 Å². The molecule has 1 aliphatic rings. The number of nitrogens with two attached hydrogens (primary N) is 1. The van der Waals surface area contributed by atoms with Crippen molar-refractivity contribution in [1.82, 2.24) is 0 Å². The highest BCUT2D eigenvalue weighted by Crippen LogP contribution is 2.25. The summed E-state index contributed by atoms with van der Waals surface area (Å²) in [7, 11) is 0. The van der Waals surface area contributed by atoms with Gasteiger partial charge in [0.25, 0.3) is 0 Å². The third-order valence-electron chi connectivity index (χ3n) is 2.79. The Morgan fingerprint density at radius 1 is 1.33 bits per heavy atom. The van der Waals surface area contributed by atoms with Crippen LogP contribution in [0.5, 0.6) is 5.75 Å². The topological polar surface area (TPSA) is 44.5 Å². The molecule has 1 aromatic carbocycles. The molecule has 1 saturated heterocycles. The van der Waals surface area contributed by atoms with E-state index >= 15 is 0 Å². The summed E-state index contributed by atoms with van der Waals surface area (Å²) in [5.74, 6) is 0.905. The molecular weight excluding hydrogens is 190 g/mol. The van der Waals surface area contributed by atoms with Crippen molar-refractivity contribution in [3.63, 3.8) is 0 Å². The predicted octanol–water partition coefficient (Wildman–Crippen LogP) is 2.14. The maximum absolute atomic E-state index is 5.91. The molecule has 0 spiro atoms. The van der Waals surface area contributed by atoms with Crippen molar-refractivity contribution in [2.75, 3.05) is 18.9 Å². The fourth-order valence-electron chi connectivity index (χ4n) is 1.73. The van der Waals surface area contributed by atoms with Crippen LogP contribution in [0.25, 0.3) is 0 Å². The maximum atomic E-state index is 5.91. The lowest BCUT2D eigenvalue weighted by Crippen LogP contribution is -2.26. The van der Waals surface area contributed by atoms with Crippen molar-refractivity contribution < 1.29 is 9.47 Å². The summed E-state index contributed by atoms with van der Waals surface area (Å²) in [5.41, 5.74) is 7.64. The smallest absolute Gasteiger partial charge is 0.124 e. The first kappa shape index (κ1) is 10.3. The molecule has 0 bridgehead atoms. The summed E-state index contributed by atoms with van der Waals surface area (Å²) >= 11 is 0. The van der Waals surface area contributed by atoms with E-state index in [2.05, 4.69) is 0 Å². The summed E-state index contributed by atoms with van der Waals surface area (Å²) in [4.78, 5) is 0. The molecule has 1 fully saturated rings. The van der Waals surface area contributed by atoms with Gasteiger partial charge in [0.1, 0.15) is 11.9 Å². The minimum Gasteiger partial charge on any atom is -0.490 e. The predicted molar refractivity (Wildman–Crippen MR) is 60.1 cm³/mol. The van der Waals surface area contributed by atoms with Crippen LogP contribution in [0.2, 0.25) is 0 Å². The number of hydrogen-bond donors (Lipinski definition) is 1. The molecule has 0 radical (unpaired) electrons. The average Bonchev–Trinajstić information content (AvgIpc) is 2.26. The summed E-state index contributed by atoms with van der Waals surface area (Å²) in [6, 6.07) is 5.80. The van der Waals surface area contributed by atoms with Crippen LogP contribution >= 0.6 is 0 Å². The second kappa shape index (κ2) is 4.53. The lowest BCUT2D eigenvalue weighted by molar-refractivity contribution is 0.0253. The Balaban J connectivity index is 2.06. The Kier molecular flexibility index (Phi) is 3.11. The van der Waals surface area contributed by atoms with Crippen LogP contribution in [0.4, 0.5) is 5.69 Å². The first-order chi connectivity index (χ1) is 7.27. The molecular formula is C12H17NO2. The van der Waals surface area contributed by atoms with Gasteiger partial charge in [0.05, 0.1) is 13.2 Å². The minimum atomic E-state index is 0.277. The van der Waals surface area contributed by atoms with Crippen LogP contribution in [0.3, 0.4) is 0 Å². The van der Waals surface area contributed by atoms with Crippen LogP contribution in [0.1, 0.15) is 18.4 Å². The highest BCUT2D eigenvalue weighted by atomic mass is 16.5. The van der Waals surface area contributed by atoms with Crippen LogP contribution in [0, 0.1) is 6.92 Å². The molecule has 0 unspecified atom stereocenters. The first-order valence-corrected chi connectivity index (χ1v) is 5.37. The zero-order chi connectivity index (χ0) is 10.7. The van der Waals surface area contributed by atoms with Crippen LogP contribution < -0.4 is 10.5 Å². The van der Waals surface area contributed by atoms with Gasteiger partial charge in [0.15, 0.2) is 0 Å². The quantitative estimate of drug-likeness (QED) is 0.755. The van der Waals surface area contributed by atoms with Crippen molar-refractivity contribution in [3.8, 4) is 5.75 Å². The number of ether oxygens (including phenoxy) is 2. The molecule has 1 aromatic rings. The number of hydrogen-bond acceptors (Lipinski definition) is 3. The second-order valence-electron chi connectivity index (χ2n) is 3.90. The summed E-state index contributed by atoms with van der Waals surface area (Å²) in [6.07, 6.45) is 2.21. The highest BCUT2D eigenvalue weighted by Gasteiger charge is 2.16. The molecule has 82 valence electrons. The van der Waals surface area contributed by atoms with Crippen LogP contribution in [-0.4, -0.2) is 19.3 Å². The molecule has 0 aliphatic carbocycles. The summed E-state index contributed by atoms with van der Waals surface area (Å²) < 4.78 is 11.2. The molecule has 2 rings (SSSR count). The van der Waals surface area contributed by atoms with E-state index in [0.29, 0.717) is 0 Å². The fourth-order valence-corrected chi connectivity index (χ4v) is 1.73. The zero-order valence-corrected chi connectivity index (χ0v) is 9.03. The number of anilines is 1. The number of rotatable bonds is 2. The SMILES string of the molecule is Cc1c(N)cccc1OC1CCOCC1. The van der Waals surface area contributed by atoms with Gasteiger partial charge < -0.3 is 15.2 Å². The van der Waals surface area contributed by atoms with E-state index in [1.807, 2.05) is 25.1 Å². The Morgan fingerprint density at radius 2 is 2.07 bits per heavy atom. The molecule has 3 nitrogen and oxygen atoms in total. The first-order valence-electron chi connectivity index (χ1n) is 5.37. The number of nitrogen functional groups attached to an aromatic ring is 1. The van der Waals surface area contributed by atoms with E-state index in [4.69, 9.17) is 15.2 Å².